The third-order valence-corrected chi connectivity index (χ3v) is 3.56. The number of thiol groups is 1. The van der Waals surface area contributed by atoms with E-state index in [0.29, 0.717) is 0 Å². The van der Waals surface area contributed by atoms with E-state index in [0.717, 1.165) is 39.6 Å². The van der Waals surface area contributed by atoms with Crippen LogP contribution in [0.25, 0.3) is 16.8 Å². The van der Waals surface area contributed by atoms with E-state index in [2.05, 4.69) is 22.7 Å². The van der Waals surface area contributed by atoms with Crippen LogP contribution in [0.4, 0.5) is 4.39 Å². The molecule has 0 saturated carbocycles. The molecular weight excluding hydrogens is 273 g/mol. The van der Waals surface area contributed by atoms with Crippen molar-refractivity contribution in [2.45, 2.75) is 25.3 Å². The van der Waals surface area contributed by atoms with Crippen molar-refractivity contribution in [2.75, 3.05) is 0 Å². The lowest BCUT2D eigenvalue weighted by Gasteiger charge is -2.03. The number of aromatic nitrogens is 3. The minimum absolute atomic E-state index is 0.248. The molecule has 3 rings (SSSR count). The lowest BCUT2D eigenvalue weighted by Crippen LogP contribution is -1.95. The van der Waals surface area contributed by atoms with Gasteiger partial charge in [0, 0.05) is 11.3 Å². The highest BCUT2D eigenvalue weighted by Gasteiger charge is 2.16. The minimum atomic E-state index is -0.248. The van der Waals surface area contributed by atoms with Crippen LogP contribution in [-0.4, -0.2) is 14.6 Å². The molecule has 3 nitrogen and oxygen atoms in total. The summed E-state index contributed by atoms with van der Waals surface area (Å²) in [5.74, 6) is -0.248. The Kier molecular flexibility index (Phi) is 3.22. The second kappa shape index (κ2) is 4.90. The lowest BCUT2D eigenvalue weighted by molar-refractivity contribution is 0.628. The van der Waals surface area contributed by atoms with Crippen LogP contribution in [0.15, 0.2) is 35.4 Å². The molecule has 2 aromatic heterocycles. The first-order valence-corrected chi connectivity index (χ1v) is 6.89. The Hall–Kier alpha value is -1.88. The number of hydrogen-bond acceptors (Lipinski definition) is 3. The van der Waals surface area contributed by atoms with Crippen molar-refractivity contribution in [1.29, 1.82) is 0 Å². The van der Waals surface area contributed by atoms with Gasteiger partial charge in [0.05, 0.1) is 10.7 Å². The summed E-state index contributed by atoms with van der Waals surface area (Å²) in [6.45, 7) is 3.96. The van der Waals surface area contributed by atoms with Gasteiger partial charge in [0.25, 0.3) is 0 Å². The van der Waals surface area contributed by atoms with Crippen molar-refractivity contribution < 1.29 is 4.39 Å². The largest absolute Gasteiger partial charge is 0.233 e. The zero-order valence-electron chi connectivity index (χ0n) is 11.3. The summed E-state index contributed by atoms with van der Waals surface area (Å²) in [4.78, 5) is 4.56. The van der Waals surface area contributed by atoms with E-state index in [9.17, 15) is 4.39 Å². The van der Waals surface area contributed by atoms with Gasteiger partial charge in [0.15, 0.2) is 5.65 Å². The van der Waals surface area contributed by atoms with E-state index >= 15 is 0 Å². The normalized spacial score (nSPS) is 11.2. The molecule has 0 aliphatic heterocycles. The van der Waals surface area contributed by atoms with Crippen molar-refractivity contribution in [3.05, 3.63) is 47.5 Å². The molecule has 0 saturated heterocycles. The van der Waals surface area contributed by atoms with Gasteiger partial charge in [-0.15, -0.1) is 12.6 Å². The molecule has 102 valence electrons. The predicted octanol–water partition coefficient (Wildman–Crippen LogP) is 3.69. The highest BCUT2D eigenvalue weighted by atomic mass is 32.1. The SMILES string of the molecule is CCc1nn2c(S)cc(C)nc2c1-c1ccc(F)cc1. The van der Waals surface area contributed by atoms with Crippen LogP contribution in [-0.2, 0) is 6.42 Å². The molecular formula is C15H14FN3S. The maximum absolute atomic E-state index is 13.1. The Morgan fingerprint density at radius 2 is 1.95 bits per heavy atom. The molecule has 0 unspecified atom stereocenters. The van der Waals surface area contributed by atoms with Gasteiger partial charge in [-0.2, -0.15) is 5.10 Å². The molecule has 0 atom stereocenters. The van der Waals surface area contributed by atoms with Gasteiger partial charge in [-0.25, -0.2) is 13.9 Å². The summed E-state index contributed by atoms with van der Waals surface area (Å²) in [6, 6.07) is 8.30. The molecule has 0 N–H and O–H groups in total. The van der Waals surface area contributed by atoms with Crippen LogP contribution < -0.4 is 0 Å². The quantitative estimate of drug-likeness (QED) is 0.575. The fraction of sp³-hybridized carbons (Fsp3) is 0.200. The summed E-state index contributed by atoms with van der Waals surface area (Å²) in [5, 5.41) is 5.30. The van der Waals surface area contributed by atoms with Crippen molar-refractivity contribution in [3.63, 3.8) is 0 Å². The van der Waals surface area contributed by atoms with Gasteiger partial charge in [-0.1, -0.05) is 19.1 Å². The molecule has 0 fully saturated rings. The van der Waals surface area contributed by atoms with E-state index in [1.54, 1.807) is 16.6 Å². The topological polar surface area (TPSA) is 30.2 Å². The highest BCUT2D eigenvalue weighted by Crippen LogP contribution is 2.29. The number of benzene rings is 1. The van der Waals surface area contributed by atoms with Gasteiger partial charge in [0.1, 0.15) is 5.82 Å². The third kappa shape index (κ3) is 2.08. The van der Waals surface area contributed by atoms with Crippen LogP contribution in [0.3, 0.4) is 0 Å². The minimum Gasteiger partial charge on any atom is -0.233 e. The molecule has 0 bridgehead atoms. The molecule has 2 heterocycles. The second-order valence-corrected chi connectivity index (χ2v) is 5.13. The molecule has 0 spiro atoms. The zero-order chi connectivity index (χ0) is 14.3. The zero-order valence-corrected chi connectivity index (χ0v) is 12.2. The van der Waals surface area contributed by atoms with Crippen molar-refractivity contribution >= 4 is 18.3 Å². The molecule has 3 aromatic rings. The van der Waals surface area contributed by atoms with E-state index in [-0.39, 0.29) is 5.82 Å². The van der Waals surface area contributed by atoms with E-state index in [1.165, 1.54) is 12.1 Å². The van der Waals surface area contributed by atoms with Crippen LogP contribution in [0.2, 0.25) is 0 Å². The molecule has 0 radical (unpaired) electrons. The maximum atomic E-state index is 13.1. The number of aryl methyl sites for hydroxylation is 2. The molecule has 0 aliphatic rings. The summed E-state index contributed by atoms with van der Waals surface area (Å²) < 4.78 is 14.8. The van der Waals surface area contributed by atoms with Gasteiger partial charge < -0.3 is 0 Å². The molecule has 0 amide bonds. The number of halogens is 1. The summed E-state index contributed by atoms with van der Waals surface area (Å²) in [5.41, 5.74) is 4.45. The van der Waals surface area contributed by atoms with Gasteiger partial charge >= 0.3 is 0 Å². The van der Waals surface area contributed by atoms with Gasteiger partial charge in [-0.3, -0.25) is 0 Å². The molecule has 20 heavy (non-hydrogen) atoms. The monoisotopic (exact) mass is 287 g/mol. The Bertz CT molecular complexity index is 778. The number of nitrogens with zero attached hydrogens (tertiary/aromatic N) is 3. The predicted molar refractivity (Wildman–Crippen MR) is 79.7 cm³/mol. The van der Waals surface area contributed by atoms with E-state index < -0.39 is 0 Å². The van der Waals surface area contributed by atoms with Crippen LogP contribution in [0.1, 0.15) is 18.3 Å². The average Bonchev–Trinajstić information content (AvgIpc) is 2.78. The van der Waals surface area contributed by atoms with Gasteiger partial charge in [0.2, 0.25) is 0 Å². The van der Waals surface area contributed by atoms with Crippen LogP contribution in [0.5, 0.6) is 0 Å². The standard InChI is InChI=1S/C15H14FN3S/c1-3-12-14(10-4-6-11(16)7-5-10)15-17-9(2)8-13(20)19(15)18-12/h4-8,20H,3H2,1-2H3. The second-order valence-electron chi connectivity index (χ2n) is 4.67. The fourth-order valence-electron chi connectivity index (χ4n) is 2.32. The Morgan fingerprint density at radius 3 is 2.60 bits per heavy atom. The first kappa shape index (κ1) is 13.1. The van der Waals surface area contributed by atoms with E-state index in [1.807, 2.05) is 19.9 Å². The first-order valence-electron chi connectivity index (χ1n) is 6.44. The summed E-state index contributed by atoms with van der Waals surface area (Å²) in [6.07, 6.45) is 0.780. The number of fused-ring (bicyclic) bond motifs is 1. The smallest absolute Gasteiger partial charge is 0.164 e. The summed E-state index contributed by atoms with van der Waals surface area (Å²) >= 11 is 4.45. The molecule has 5 heteroatoms. The Labute approximate surface area is 121 Å². The Morgan fingerprint density at radius 1 is 1.25 bits per heavy atom. The maximum Gasteiger partial charge on any atom is 0.164 e. The van der Waals surface area contributed by atoms with Crippen LogP contribution >= 0.6 is 12.6 Å². The first-order chi connectivity index (χ1) is 9.60. The van der Waals surface area contributed by atoms with Crippen LogP contribution in [0, 0.1) is 12.7 Å². The number of rotatable bonds is 2. The van der Waals surface area contributed by atoms with E-state index in [4.69, 9.17) is 0 Å². The van der Waals surface area contributed by atoms with Crippen molar-refractivity contribution in [2.24, 2.45) is 0 Å². The molecule has 0 aliphatic carbocycles. The lowest BCUT2D eigenvalue weighted by atomic mass is 10.0. The molecule has 1 aromatic carbocycles. The van der Waals surface area contributed by atoms with Crippen molar-refractivity contribution in [3.8, 4) is 11.1 Å². The third-order valence-electron chi connectivity index (χ3n) is 3.24. The van der Waals surface area contributed by atoms with Crippen molar-refractivity contribution in [1.82, 2.24) is 14.6 Å². The highest BCUT2D eigenvalue weighted by molar-refractivity contribution is 7.80. The number of hydrogen-bond donors (Lipinski definition) is 1. The Balaban J connectivity index is 2.35. The fourth-order valence-corrected chi connectivity index (χ4v) is 2.65. The summed E-state index contributed by atoms with van der Waals surface area (Å²) in [7, 11) is 0. The van der Waals surface area contributed by atoms with Gasteiger partial charge in [-0.05, 0) is 37.1 Å². The average molecular weight is 287 g/mol.